The molecule has 7 nitrogen and oxygen atoms in total. The van der Waals surface area contributed by atoms with Gasteiger partial charge in [0.05, 0.1) is 30.1 Å². The predicted octanol–water partition coefficient (Wildman–Crippen LogP) is 3.22. The summed E-state index contributed by atoms with van der Waals surface area (Å²) in [6.45, 7) is 7.95. The van der Waals surface area contributed by atoms with Gasteiger partial charge in [-0.2, -0.15) is 0 Å². The maximum Gasteiger partial charge on any atom is 0.312 e. The van der Waals surface area contributed by atoms with Crippen molar-refractivity contribution in [3.8, 4) is 0 Å². The van der Waals surface area contributed by atoms with E-state index in [4.69, 9.17) is 9.84 Å². The van der Waals surface area contributed by atoms with Crippen molar-refractivity contribution < 1.29 is 34.8 Å². The summed E-state index contributed by atoms with van der Waals surface area (Å²) >= 11 is 0. The number of aliphatic carboxylic acids is 1. The third kappa shape index (κ3) is 6.65. The van der Waals surface area contributed by atoms with Crippen LogP contribution in [0, 0.1) is 23.2 Å². The number of carboxylic acids is 1. The minimum atomic E-state index is -1.10. The van der Waals surface area contributed by atoms with Crippen LogP contribution in [0.1, 0.15) is 72.6 Å². The summed E-state index contributed by atoms with van der Waals surface area (Å²) in [7, 11) is 0. The molecule has 0 saturated heterocycles. The maximum atomic E-state index is 13.0. The minimum absolute atomic E-state index is 0.0130. The smallest absolute Gasteiger partial charge is 0.312 e. The second-order valence-corrected chi connectivity index (χ2v) is 9.81. The van der Waals surface area contributed by atoms with Gasteiger partial charge >= 0.3 is 11.9 Å². The van der Waals surface area contributed by atoms with E-state index in [2.05, 4.69) is 13.0 Å². The lowest BCUT2D eigenvalue weighted by Crippen LogP contribution is -2.44. The average molecular weight is 453 g/mol. The Hall–Kier alpha value is -1.70. The Kier molecular flexibility index (Phi) is 9.49. The van der Waals surface area contributed by atoms with E-state index in [0.29, 0.717) is 32.1 Å². The molecule has 0 spiro atoms. The zero-order valence-corrected chi connectivity index (χ0v) is 19.7. The number of carboxylic acid groups (broad SMARTS) is 1. The Morgan fingerprint density at radius 3 is 2.47 bits per heavy atom. The van der Waals surface area contributed by atoms with Crippen LogP contribution in [0.2, 0.25) is 0 Å². The lowest BCUT2D eigenvalue weighted by molar-refractivity contribution is -0.166. The summed E-state index contributed by atoms with van der Waals surface area (Å²) < 4.78 is 6.03. The molecule has 7 unspecified atom stereocenters. The fourth-order valence-electron chi connectivity index (χ4n) is 4.91. The van der Waals surface area contributed by atoms with E-state index >= 15 is 0 Å². The Labute approximate surface area is 191 Å². The van der Waals surface area contributed by atoms with Gasteiger partial charge in [-0.15, -0.1) is 0 Å². The van der Waals surface area contributed by atoms with Crippen molar-refractivity contribution in [3.05, 3.63) is 23.8 Å². The summed E-state index contributed by atoms with van der Waals surface area (Å²) in [5, 5.41) is 39.3. The summed E-state index contributed by atoms with van der Waals surface area (Å²) in [6.07, 6.45) is 5.27. The lowest BCUT2D eigenvalue weighted by atomic mass is 9.66. The molecule has 2 aliphatic rings. The topological polar surface area (TPSA) is 124 Å². The number of allylic oxidation sites excluding steroid dienone is 2. The molecular formula is C25H40O7. The molecule has 7 atom stereocenters. The largest absolute Gasteiger partial charge is 0.481 e. The first kappa shape index (κ1) is 26.6. The molecule has 0 saturated carbocycles. The zero-order valence-electron chi connectivity index (χ0n) is 19.7. The Bertz CT molecular complexity index is 709. The fourth-order valence-corrected chi connectivity index (χ4v) is 4.91. The second-order valence-electron chi connectivity index (χ2n) is 9.81. The van der Waals surface area contributed by atoms with Crippen molar-refractivity contribution in [3.63, 3.8) is 0 Å². The quantitative estimate of drug-likeness (QED) is 0.355. The van der Waals surface area contributed by atoms with E-state index < -0.39 is 42.2 Å². The van der Waals surface area contributed by atoms with Gasteiger partial charge in [-0.3, -0.25) is 9.59 Å². The van der Waals surface area contributed by atoms with Crippen molar-refractivity contribution in [1.82, 2.24) is 0 Å². The molecule has 182 valence electrons. The zero-order chi connectivity index (χ0) is 24.1. The van der Waals surface area contributed by atoms with Gasteiger partial charge in [-0.25, -0.2) is 0 Å². The molecule has 0 amide bonds. The number of ether oxygens (including phenoxy) is 1. The van der Waals surface area contributed by atoms with Gasteiger partial charge in [0, 0.05) is 12.3 Å². The highest BCUT2D eigenvalue weighted by atomic mass is 16.5. The van der Waals surface area contributed by atoms with Crippen LogP contribution in [-0.4, -0.2) is 56.8 Å². The summed E-state index contributed by atoms with van der Waals surface area (Å²) in [6, 6.07) is 0. The van der Waals surface area contributed by atoms with Gasteiger partial charge in [0.2, 0.25) is 0 Å². The molecule has 0 bridgehead atoms. The second kappa shape index (κ2) is 11.4. The number of hydrogen-bond acceptors (Lipinski definition) is 6. The molecule has 7 heteroatoms. The number of aliphatic hydroxyl groups excluding tert-OH is 3. The van der Waals surface area contributed by atoms with Crippen molar-refractivity contribution >= 4 is 11.9 Å². The highest BCUT2D eigenvalue weighted by molar-refractivity contribution is 5.76. The first-order valence-corrected chi connectivity index (χ1v) is 11.9. The summed E-state index contributed by atoms with van der Waals surface area (Å²) in [5.74, 6) is -1.12. The first-order chi connectivity index (χ1) is 15.0. The molecule has 0 fully saturated rings. The van der Waals surface area contributed by atoms with Gasteiger partial charge < -0.3 is 25.2 Å². The van der Waals surface area contributed by atoms with Gasteiger partial charge in [0.15, 0.2) is 0 Å². The van der Waals surface area contributed by atoms with Crippen molar-refractivity contribution in [2.24, 2.45) is 23.2 Å². The number of rotatable bonds is 11. The number of hydrogen-bond donors (Lipinski definition) is 4. The van der Waals surface area contributed by atoms with Crippen LogP contribution >= 0.6 is 0 Å². The van der Waals surface area contributed by atoms with Gasteiger partial charge in [0.25, 0.3) is 0 Å². The normalized spacial score (nSPS) is 29.6. The molecule has 2 aliphatic carbocycles. The maximum absolute atomic E-state index is 13.0. The molecule has 0 heterocycles. The van der Waals surface area contributed by atoms with Crippen molar-refractivity contribution in [1.29, 1.82) is 0 Å². The molecule has 0 radical (unpaired) electrons. The monoisotopic (exact) mass is 452 g/mol. The summed E-state index contributed by atoms with van der Waals surface area (Å²) in [5.41, 5.74) is 0.397. The number of esters is 1. The molecule has 0 aliphatic heterocycles. The summed E-state index contributed by atoms with van der Waals surface area (Å²) in [4.78, 5) is 23.7. The molecule has 4 N–H and O–H groups in total. The van der Waals surface area contributed by atoms with E-state index in [1.807, 2.05) is 32.9 Å². The van der Waals surface area contributed by atoms with Crippen LogP contribution < -0.4 is 0 Å². The van der Waals surface area contributed by atoms with Crippen LogP contribution in [0.15, 0.2) is 23.8 Å². The van der Waals surface area contributed by atoms with Crippen molar-refractivity contribution in [2.45, 2.75) is 97.1 Å². The molecule has 0 aromatic rings. The van der Waals surface area contributed by atoms with E-state index in [0.717, 1.165) is 5.57 Å². The molecular weight excluding hydrogens is 412 g/mol. The SMILES string of the molecule is CCC(C)(CC)C(=O)OC1CC(O)C=C2C=CC(C)C(CCC(O)CC(O)CC(=O)O)C21. The molecule has 32 heavy (non-hydrogen) atoms. The standard InChI is InChI=1S/C25H40O7/c1-5-25(4,6-2)24(31)32-21-13-18(27)11-16-8-7-15(3)20(23(16)21)10-9-17(26)12-19(28)14-22(29)30/h7-8,11,15,17-21,23,26-28H,5-6,9-10,12-14H2,1-4H3,(H,29,30). The number of aliphatic hydroxyl groups is 3. The van der Waals surface area contributed by atoms with Crippen LogP contribution in [-0.2, 0) is 14.3 Å². The van der Waals surface area contributed by atoms with Crippen LogP contribution in [0.4, 0.5) is 0 Å². The Morgan fingerprint density at radius 1 is 1.22 bits per heavy atom. The van der Waals surface area contributed by atoms with Gasteiger partial charge in [0.1, 0.15) is 6.10 Å². The van der Waals surface area contributed by atoms with Crippen LogP contribution in [0.25, 0.3) is 0 Å². The molecule has 2 rings (SSSR count). The van der Waals surface area contributed by atoms with Gasteiger partial charge in [-0.1, -0.05) is 39.0 Å². The molecule has 0 aromatic carbocycles. The fraction of sp³-hybridized carbons (Fsp3) is 0.760. The number of fused-ring (bicyclic) bond motifs is 1. The van der Waals surface area contributed by atoms with Gasteiger partial charge in [-0.05, 0) is 56.4 Å². The highest BCUT2D eigenvalue weighted by Gasteiger charge is 2.43. The molecule has 0 aromatic heterocycles. The highest BCUT2D eigenvalue weighted by Crippen LogP contribution is 2.44. The van der Waals surface area contributed by atoms with Crippen LogP contribution in [0.5, 0.6) is 0 Å². The third-order valence-electron chi connectivity index (χ3n) is 7.47. The van der Waals surface area contributed by atoms with Crippen LogP contribution in [0.3, 0.4) is 0 Å². The average Bonchev–Trinajstić information content (AvgIpc) is 2.71. The Balaban J connectivity index is 2.14. The predicted molar refractivity (Wildman–Crippen MR) is 121 cm³/mol. The van der Waals surface area contributed by atoms with Crippen molar-refractivity contribution in [2.75, 3.05) is 0 Å². The lowest BCUT2D eigenvalue weighted by Gasteiger charge is -2.43. The van der Waals surface area contributed by atoms with E-state index in [-0.39, 0.29) is 30.1 Å². The minimum Gasteiger partial charge on any atom is -0.481 e. The number of carbonyl (C=O) groups is 2. The Morgan fingerprint density at radius 2 is 1.88 bits per heavy atom. The number of carbonyl (C=O) groups excluding carboxylic acids is 1. The van der Waals surface area contributed by atoms with E-state index in [1.165, 1.54) is 0 Å². The van der Waals surface area contributed by atoms with E-state index in [1.54, 1.807) is 0 Å². The third-order valence-corrected chi connectivity index (χ3v) is 7.47. The first-order valence-electron chi connectivity index (χ1n) is 11.9. The van der Waals surface area contributed by atoms with E-state index in [9.17, 15) is 24.9 Å².